The Morgan fingerprint density at radius 1 is 1.17 bits per heavy atom. The molecule has 0 bridgehead atoms. The van der Waals surface area contributed by atoms with E-state index in [1.807, 2.05) is 19.1 Å². The van der Waals surface area contributed by atoms with Crippen LogP contribution in [0.15, 0.2) is 53.5 Å². The van der Waals surface area contributed by atoms with Gasteiger partial charge in [-0.3, -0.25) is 10.1 Å². The average molecular weight is 340 g/mol. The normalized spacial score (nSPS) is 10.9. The van der Waals surface area contributed by atoms with Gasteiger partial charge in [-0.15, -0.1) is 10.2 Å². The van der Waals surface area contributed by atoms with E-state index in [0.717, 1.165) is 22.5 Å². The Labute approximate surface area is 141 Å². The fourth-order valence-corrected chi connectivity index (χ4v) is 2.57. The summed E-state index contributed by atoms with van der Waals surface area (Å²) in [6, 6.07) is 13.2. The van der Waals surface area contributed by atoms with E-state index < -0.39 is 0 Å². The Kier molecular flexibility index (Phi) is 4.72. The Morgan fingerprint density at radius 2 is 1.92 bits per heavy atom. The van der Waals surface area contributed by atoms with E-state index in [2.05, 4.69) is 20.5 Å². The number of carbonyl (C=O) groups is 1. The van der Waals surface area contributed by atoms with Crippen molar-refractivity contribution in [1.82, 2.24) is 10.2 Å². The molecule has 1 heterocycles. The van der Waals surface area contributed by atoms with Gasteiger partial charge >= 0.3 is 0 Å². The van der Waals surface area contributed by atoms with Crippen LogP contribution in [0.4, 0.5) is 14.7 Å². The summed E-state index contributed by atoms with van der Waals surface area (Å²) in [6.07, 6.45) is 1.56. The highest BCUT2D eigenvalue weighted by Crippen LogP contribution is 2.23. The molecule has 0 atom stereocenters. The quantitative estimate of drug-likeness (QED) is 0.730. The van der Waals surface area contributed by atoms with Gasteiger partial charge in [0.1, 0.15) is 5.82 Å². The summed E-state index contributed by atoms with van der Waals surface area (Å²) in [5.74, 6) is -0.539. The first kappa shape index (κ1) is 15.9. The number of carbonyl (C=O) groups excluding carboxylic acids is 1. The number of amides is 1. The molecule has 3 aromatic rings. The fraction of sp³-hybridized carbons (Fsp3) is 0.0588. The van der Waals surface area contributed by atoms with Gasteiger partial charge in [-0.25, -0.2) is 9.38 Å². The van der Waals surface area contributed by atoms with E-state index in [-0.39, 0.29) is 11.7 Å². The van der Waals surface area contributed by atoms with Crippen LogP contribution in [0.25, 0.3) is 0 Å². The molecule has 1 N–H and O–H groups in total. The van der Waals surface area contributed by atoms with Gasteiger partial charge in [0.15, 0.2) is 0 Å². The first-order valence-electron chi connectivity index (χ1n) is 7.12. The topological polar surface area (TPSA) is 67.2 Å². The Bertz CT molecular complexity index is 890. The second kappa shape index (κ2) is 7.10. The van der Waals surface area contributed by atoms with E-state index in [0.29, 0.717) is 15.8 Å². The fourth-order valence-electron chi connectivity index (χ4n) is 1.99. The number of nitrogens with zero attached hydrogens (tertiary/aromatic N) is 3. The molecule has 24 heavy (non-hydrogen) atoms. The van der Waals surface area contributed by atoms with E-state index in [1.165, 1.54) is 12.1 Å². The molecule has 0 saturated carbocycles. The zero-order valence-corrected chi connectivity index (χ0v) is 13.5. The number of aryl methyl sites for hydroxylation is 1. The van der Waals surface area contributed by atoms with Crippen molar-refractivity contribution in [2.24, 2.45) is 4.99 Å². The molecule has 0 aliphatic rings. The van der Waals surface area contributed by atoms with E-state index in [1.54, 1.807) is 30.5 Å². The summed E-state index contributed by atoms with van der Waals surface area (Å²) in [5.41, 5.74) is 2.22. The van der Waals surface area contributed by atoms with Gasteiger partial charge in [0.05, 0.1) is 0 Å². The lowest BCUT2D eigenvalue weighted by Crippen LogP contribution is -2.12. The SMILES string of the molecule is Cc1ccccc1C(=O)Nc1nnc(N=Cc2ccc(F)cc2)s1. The lowest BCUT2D eigenvalue weighted by molar-refractivity contribution is 0.102. The van der Waals surface area contributed by atoms with Crippen LogP contribution in [-0.4, -0.2) is 22.3 Å². The van der Waals surface area contributed by atoms with Crippen LogP contribution in [0.1, 0.15) is 21.5 Å². The van der Waals surface area contributed by atoms with Crippen LogP contribution in [-0.2, 0) is 0 Å². The molecule has 0 radical (unpaired) electrons. The van der Waals surface area contributed by atoms with Crippen LogP contribution in [0.5, 0.6) is 0 Å². The van der Waals surface area contributed by atoms with Crippen molar-refractivity contribution in [3.05, 3.63) is 71.0 Å². The highest BCUT2D eigenvalue weighted by molar-refractivity contribution is 7.18. The Hall–Kier alpha value is -2.93. The average Bonchev–Trinajstić information content (AvgIpc) is 3.02. The van der Waals surface area contributed by atoms with Crippen LogP contribution >= 0.6 is 11.3 Å². The monoisotopic (exact) mass is 340 g/mol. The van der Waals surface area contributed by atoms with Crippen LogP contribution in [0, 0.1) is 12.7 Å². The van der Waals surface area contributed by atoms with Gasteiger partial charge in [0, 0.05) is 11.8 Å². The Morgan fingerprint density at radius 3 is 2.67 bits per heavy atom. The number of aromatic nitrogens is 2. The van der Waals surface area contributed by atoms with Gasteiger partial charge in [-0.05, 0) is 36.2 Å². The van der Waals surface area contributed by atoms with Crippen molar-refractivity contribution < 1.29 is 9.18 Å². The molecule has 3 rings (SSSR count). The summed E-state index contributed by atoms with van der Waals surface area (Å²) in [7, 11) is 0. The third-order valence-corrected chi connectivity index (χ3v) is 3.97. The molecule has 0 spiro atoms. The molecular formula is C17H13FN4OS. The van der Waals surface area contributed by atoms with Crippen LogP contribution in [0.2, 0.25) is 0 Å². The van der Waals surface area contributed by atoms with Crippen molar-refractivity contribution in [2.75, 3.05) is 5.32 Å². The molecule has 1 amide bonds. The minimum atomic E-state index is -0.302. The second-order valence-corrected chi connectivity index (χ2v) is 5.92. The maximum Gasteiger partial charge on any atom is 0.257 e. The number of rotatable bonds is 4. The molecule has 1 aromatic heterocycles. The first-order valence-corrected chi connectivity index (χ1v) is 7.93. The summed E-state index contributed by atoms with van der Waals surface area (Å²) >= 11 is 1.16. The largest absolute Gasteiger partial charge is 0.296 e. The lowest BCUT2D eigenvalue weighted by atomic mass is 10.1. The number of anilines is 1. The molecule has 0 unspecified atom stereocenters. The minimum absolute atomic E-state index is 0.238. The number of hydrogen-bond acceptors (Lipinski definition) is 5. The lowest BCUT2D eigenvalue weighted by Gasteiger charge is -2.03. The standard InChI is InChI=1S/C17H13FN4OS/c1-11-4-2-3-5-14(11)15(23)20-17-22-21-16(24-17)19-10-12-6-8-13(18)9-7-12/h2-10H,1H3,(H,20,22,23). The number of benzene rings is 2. The van der Waals surface area contributed by atoms with E-state index >= 15 is 0 Å². The number of nitrogens with one attached hydrogen (secondary N) is 1. The summed E-state index contributed by atoms with van der Waals surface area (Å²) in [6.45, 7) is 1.87. The van der Waals surface area contributed by atoms with Crippen LogP contribution in [0.3, 0.4) is 0 Å². The first-order chi connectivity index (χ1) is 11.6. The summed E-state index contributed by atoms with van der Waals surface area (Å²) in [4.78, 5) is 16.4. The number of halogens is 1. The minimum Gasteiger partial charge on any atom is -0.296 e. The number of aliphatic imine (C=N–C) groups is 1. The number of hydrogen-bond donors (Lipinski definition) is 1. The second-order valence-electron chi connectivity index (χ2n) is 4.97. The van der Waals surface area contributed by atoms with Crippen molar-refractivity contribution in [3.8, 4) is 0 Å². The molecule has 2 aromatic carbocycles. The van der Waals surface area contributed by atoms with Crippen molar-refractivity contribution in [3.63, 3.8) is 0 Å². The Balaban J connectivity index is 1.68. The van der Waals surface area contributed by atoms with E-state index in [4.69, 9.17) is 0 Å². The third kappa shape index (κ3) is 3.88. The molecule has 7 heteroatoms. The predicted molar refractivity (Wildman–Crippen MR) is 92.7 cm³/mol. The zero-order chi connectivity index (χ0) is 16.9. The molecule has 0 fully saturated rings. The third-order valence-electron chi connectivity index (χ3n) is 3.22. The molecule has 0 aliphatic heterocycles. The van der Waals surface area contributed by atoms with Gasteiger partial charge in [0.25, 0.3) is 5.91 Å². The van der Waals surface area contributed by atoms with Crippen molar-refractivity contribution in [1.29, 1.82) is 0 Å². The molecular weight excluding hydrogens is 327 g/mol. The maximum atomic E-state index is 12.8. The molecule has 0 aliphatic carbocycles. The van der Waals surface area contributed by atoms with Gasteiger partial charge in [-0.1, -0.05) is 41.7 Å². The molecule has 0 saturated heterocycles. The maximum absolute atomic E-state index is 12.8. The summed E-state index contributed by atoms with van der Waals surface area (Å²) < 4.78 is 12.8. The van der Waals surface area contributed by atoms with E-state index in [9.17, 15) is 9.18 Å². The van der Waals surface area contributed by atoms with Gasteiger partial charge in [0.2, 0.25) is 10.3 Å². The van der Waals surface area contributed by atoms with Crippen molar-refractivity contribution >= 4 is 33.7 Å². The zero-order valence-electron chi connectivity index (χ0n) is 12.7. The smallest absolute Gasteiger partial charge is 0.257 e. The van der Waals surface area contributed by atoms with Gasteiger partial charge in [-0.2, -0.15) is 0 Å². The van der Waals surface area contributed by atoms with Gasteiger partial charge < -0.3 is 0 Å². The highest BCUT2D eigenvalue weighted by Gasteiger charge is 2.11. The summed E-state index contributed by atoms with van der Waals surface area (Å²) in [5, 5.41) is 11.3. The van der Waals surface area contributed by atoms with Crippen LogP contribution < -0.4 is 5.32 Å². The molecule has 5 nitrogen and oxygen atoms in total. The molecule has 120 valence electrons. The predicted octanol–water partition coefficient (Wildman–Crippen LogP) is 3.99. The highest BCUT2D eigenvalue weighted by atomic mass is 32.1. The van der Waals surface area contributed by atoms with Crippen molar-refractivity contribution in [2.45, 2.75) is 6.92 Å².